The van der Waals surface area contributed by atoms with E-state index in [9.17, 15) is 4.79 Å². The van der Waals surface area contributed by atoms with Crippen molar-refractivity contribution in [3.8, 4) is 0 Å². The molecule has 1 aromatic heterocycles. The molecule has 0 aliphatic carbocycles. The zero-order valence-electron chi connectivity index (χ0n) is 10.8. The van der Waals surface area contributed by atoms with E-state index in [-0.39, 0.29) is 11.6 Å². The Labute approximate surface area is 106 Å². The first kappa shape index (κ1) is 12.4. The predicted molar refractivity (Wildman–Crippen MR) is 73.7 cm³/mol. The van der Waals surface area contributed by atoms with Crippen molar-refractivity contribution < 1.29 is 4.79 Å². The molecule has 0 bridgehead atoms. The molecule has 1 aromatic carbocycles. The summed E-state index contributed by atoms with van der Waals surface area (Å²) in [6, 6.07) is 9.48. The van der Waals surface area contributed by atoms with Gasteiger partial charge in [-0.1, -0.05) is 18.2 Å². The number of para-hydroxylation sites is 1. The lowest BCUT2D eigenvalue weighted by Gasteiger charge is -2.20. The molecule has 94 valence electrons. The average Bonchev–Trinajstić information content (AvgIpc) is 2.26. The van der Waals surface area contributed by atoms with Crippen molar-refractivity contribution >= 4 is 22.6 Å². The molecule has 2 aromatic rings. The molecule has 0 spiro atoms. The van der Waals surface area contributed by atoms with Crippen LogP contribution in [0.2, 0.25) is 0 Å². The lowest BCUT2D eigenvalue weighted by molar-refractivity contribution is 0.244. The van der Waals surface area contributed by atoms with Gasteiger partial charge in [-0.25, -0.2) is 4.79 Å². The lowest BCUT2D eigenvalue weighted by atomic mass is 10.1. The highest BCUT2D eigenvalue weighted by Crippen LogP contribution is 2.16. The lowest BCUT2D eigenvalue weighted by Crippen LogP contribution is -2.43. The van der Waals surface area contributed by atoms with Crippen molar-refractivity contribution in [3.63, 3.8) is 0 Å². The van der Waals surface area contributed by atoms with Crippen LogP contribution in [0.15, 0.2) is 36.5 Å². The van der Waals surface area contributed by atoms with Crippen LogP contribution in [0.5, 0.6) is 0 Å². The summed E-state index contributed by atoms with van der Waals surface area (Å²) in [6.45, 7) is 5.81. The molecule has 2 amide bonds. The van der Waals surface area contributed by atoms with Gasteiger partial charge in [0, 0.05) is 10.9 Å². The number of pyridine rings is 1. The zero-order chi connectivity index (χ0) is 13.2. The minimum Gasteiger partial charge on any atom is -0.333 e. The molecule has 2 rings (SSSR count). The van der Waals surface area contributed by atoms with Crippen LogP contribution >= 0.6 is 0 Å². The molecule has 4 nitrogen and oxygen atoms in total. The normalized spacial score (nSPS) is 11.3. The van der Waals surface area contributed by atoms with Crippen LogP contribution in [0.25, 0.3) is 10.9 Å². The van der Waals surface area contributed by atoms with Gasteiger partial charge in [-0.15, -0.1) is 0 Å². The third-order valence-electron chi connectivity index (χ3n) is 2.34. The summed E-state index contributed by atoms with van der Waals surface area (Å²) in [7, 11) is 0. The van der Waals surface area contributed by atoms with Gasteiger partial charge in [0.25, 0.3) is 0 Å². The van der Waals surface area contributed by atoms with Crippen molar-refractivity contribution in [3.05, 3.63) is 36.5 Å². The van der Waals surface area contributed by atoms with Crippen LogP contribution in [-0.4, -0.2) is 16.6 Å². The van der Waals surface area contributed by atoms with Crippen molar-refractivity contribution in [2.45, 2.75) is 26.3 Å². The Morgan fingerprint density at radius 3 is 2.67 bits per heavy atom. The molecule has 1 heterocycles. The standard InChI is InChI=1S/C14H17N3O/c1-14(2,3)17-13(18)16-11-8-10-6-4-5-7-12(10)15-9-11/h4-9H,1-3H3,(H2,16,17,18). The Kier molecular flexibility index (Phi) is 3.19. The molecule has 0 fully saturated rings. The third-order valence-corrected chi connectivity index (χ3v) is 2.34. The Balaban J connectivity index is 2.15. The van der Waals surface area contributed by atoms with E-state index in [2.05, 4.69) is 15.6 Å². The van der Waals surface area contributed by atoms with E-state index in [0.717, 1.165) is 10.9 Å². The van der Waals surface area contributed by atoms with E-state index in [1.165, 1.54) is 0 Å². The molecule has 0 radical (unpaired) electrons. The number of hydrogen-bond acceptors (Lipinski definition) is 2. The number of fused-ring (bicyclic) bond motifs is 1. The summed E-state index contributed by atoms with van der Waals surface area (Å²) in [5.74, 6) is 0. The van der Waals surface area contributed by atoms with Gasteiger partial charge in [-0.3, -0.25) is 4.98 Å². The maximum atomic E-state index is 11.7. The van der Waals surface area contributed by atoms with Crippen LogP contribution in [-0.2, 0) is 0 Å². The molecular weight excluding hydrogens is 226 g/mol. The summed E-state index contributed by atoms with van der Waals surface area (Å²) in [5.41, 5.74) is 1.35. The van der Waals surface area contributed by atoms with Crippen LogP contribution < -0.4 is 10.6 Å². The summed E-state index contributed by atoms with van der Waals surface area (Å²) >= 11 is 0. The number of nitrogens with one attached hydrogen (secondary N) is 2. The summed E-state index contributed by atoms with van der Waals surface area (Å²) in [4.78, 5) is 16.0. The first-order chi connectivity index (χ1) is 8.44. The SMILES string of the molecule is CC(C)(C)NC(=O)Nc1cnc2ccccc2c1. The second-order valence-electron chi connectivity index (χ2n) is 5.25. The fraction of sp³-hybridized carbons (Fsp3) is 0.286. The fourth-order valence-electron chi connectivity index (χ4n) is 1.64. The number of carbonyl (C=O) groups is 1. The van der Waals surface area contributed by atoms with Crippen molar-refractivity contribution in [2.24, 2.45) is 0 Å². The van der Waals surface area contributed by atoms with Gasteiger partial charge in [0.15, 0.2) is 0 Å². The Bertz CT molecular complexity index is 573. The topological polar surface area (TPSA) is 54.0 Å². The maximum absolute atomic E-state index is 11.7. The van der Waals surface area contributed by atoms with Gasteiger partial charge in [0.1, 0.15) is 0 Å². The third kappa shape index (κ3) is 3.20. The molecule has 0 saturated carbocycles. The molecule has 4 heteroatoms. The number of urea groups is 1. The quantitative estimate of drug-likeness (QED) is 0.808. The highest BCUT2D eigenvalue weighted by Gasteiger charge is 2.13. The first-order valence-electron chi connectivity index (χ1n) is 5.88. The molecule has 0 aliphatic heterocycles. The predicted octanol–water partition coefficient (Wildman–Crippen LogP) is 3.15. The van der Waals surface area contributed by atoms with Crippen LogP contribution in [0.1, 0.15) is 20.8 Å². The Morgan fingerprint density at radius 1 is 1.22 bits per heavy atom. The van der Waals surface area contributed by atoms with Crippen molar-refractivity contribution in [1.82, 2.24) is 10.3 Å². The number of hydrogen-bond donors (Lipinski definition) is 2. The van der Waals surface area contributed by atoms with Crippen molar-refractivity contribution in [1.29, 1.82) is 0 Å². The van der Waals surface area contributed by atoms with E-state index < -0.39 is 0 Å². The largest absolute Gasteiger partial charge is 0.333 e. The maximum Gasteiger partial charge on any atom is 0.319 e. The Morgan fingerprint density at radius 2 is 1.94 bits per heavy atom. The first-order valence-corrected chi connectivity index (χ1v) is 5.88. The number of carbonyl (C=O) groups excluding carboxylic acids is 1. The van der Waals surface area contributed by atoms with E-state index in [4.69, 9.17) is 0 Å². The second kappa shape index (κ2) is 4.64. The second-order valence-corrected chi connectivity index (χ2v) is 5.25. The summed E-state index contributed by atoms with van der Waals surface area (Å²) in [6.07, 6.45) is 1.66. The summed E-state index contributed by atoms with van der Waals surface area (Å²) in [5, 5.41) is 6.62. The minimum atomic E-state index is -0.256. The van der Waals surface area contributed by atoms with Crippen LogP contribution in [0.4, 0.5) is 10.5 Å². The monoisotopic (exact) mass is 243 g/mol. The van der Waals surface area contributed by atoms with Gasteiger partial charge in [0.05, 0.1) is 17.4 Å². The van der Waals surface area contributed by atoms with E-state index in [1.54, 1.807) is 6.20 Å². The van der Waals surface area contributed by atoms with Gasteiger partial charge < -0.3 is 10.6 Å². The summed E-state index contributed by atoms with van der Waals surface area (Å²) < 4.78 is 0. The molecule has 18 heavy (non-hydrogen) atoms. The van der Waals surface area contributed by atoms with E-state index in [1.807, 2.05) is 51.1 Å². The highest BCUT2D eigenvalue weighted by atomic mass is 16.2. The van der Waals surface area contributed by atoms with Crippen LogP contribution in [0, 0.1) is 0 Å². The number of aromatic nitrogens is 1. The highest BCUT2D eigenvalue weighted by molar-refractivity contribution is 5.92. The number of anilines is 1. The zero-order valence-corrected chi connectivity index (χ0v) is 10.8. The van der Waals surface area contributed by atoms with Gasteiger partial charge >= 0.3 is 6.03 Å². The van der Waals surface area contributed by atoms with Gasteiger partial charge in [-0.05, 0) is 32.9 Å². The molecule has 0 atom stereocenters. The molecule has 0 saturated heterocycles. The number of benzene rings is 1. The minimum absolute atomic E-state index is 0.223. The molecule has 0 aliphatic rings. The fourth-order valence-corrected chi connectivity index (χ4v) is 1.64. The number of rotatable bonds is 1. The van der Waals surface area contributed by atoms with E-state index >= 15 is 0 Å². The molecule has 2 N–H and O–H groups in total. The van der Waals surface area contributed by atoms with Crippen molar-refractivity contribution in [2.75, 3.05) is 5.32 Å². The Hall–Kier alpha value is -2.10. The van der Waals surface area contributed by atoms with Gasteiger partial charge in [0.2, 0.25) is 0 Å². The average molecular weight is 243 g/mol. The smallest absolute Gasteiger partial charge is 0.319 e. The van der Waals surface area contributed by atoms with E-state index in [0.29, 0.717) is 5.69 Å². The molecule has 0 unspecified atom stereocenters. The number of amides is 2. The van der Waals surface area contributed by atoms with Crippen LogP contribution in [0.3, 0.4) is 0 Å². The molecular formula is C14H17N3O. The van der Waals surface area contributed by atoms with Gasteiger partial charge in [-0.2, -0.15) is 0 Å². The number of nitrogens with zero attached hydrogens (tertiary/aromatic N) is 1.